The van der Waals surface area contributed by atoms with Gasteiger partial charge in [-0.15, -0.1) is 0 Å². The van der Waals surface area contributed by atoms with Gasteiger partial charge >= 0.3 is 0 Å². The van der Waals surface area contributed by atoms with Crippen molar-refractivity contribution >= 4 is 17.2 Å². The first-order chi connectivity index (χ1) is 11.5. The molecule has 0 amide bonds. The highest BCUT2D eigenvalue weighted by atomic mass is 19.1. The maximum Gasteiger partial charge on any atom is 0.178 e. The number of rotatable bonds is 3. The fourth-order valence-electron chi connectivity index (χ4n) is 4.32. The zero-order chi connectivity index (χ0) is 16.8. The fourth-order valence-corrected chi connectivity index (χ4v) is 4.32. The van der Waals surface area contributed by atoms with Crippen LogP contribution in [0, 0.1) is 12.7 Å². The van der Waals surface area contributed by atoms with Gasteiger partial charge in [-0.25, -0.2) is 4.39 Å². The van der Waals surface area contributed by atoms with Crippen molar-refractivity contribution in [2.75, 3.05) is 5.32 Å². The fraction of sp³-hybridized carbons (Fsp3) is 0.400. The molecular weight excluding hydrogens is 303 g/mol. The number of halogens is 1. The summed E-state index contributed by atoms with van der Waals surface area (Å²) < 4.78 is 13.5. The number of aromatic nitrogens is 1. The minimum atomic E-state index is -0.202. The second kappa shape index (κ2) is 5.69. The number of hydrogen-bond donors (Lipinski definition) is 1. The third-order valence-electron chi connectivity index (χ3n) is 5.47. The Morgan fingerprint density at radius 2 is 1.83 bits per heavy atom. The quantitative estimate of drug-likeness (QED) is 0.786. The molecule has 1 aromatic heterocycles. The summed E-state index contributed by atoms with van der Waals surface area (Å²) in [7, 11) is 0. The molecule has 1 fully saturated rings. The molecule has 1 saturated carbocycles. The lowest BCUT2D eigenvalue weighted by molar-refractivity contribution is 0.101. The number of anilines is 2. The van der Waals surface area contributed by atoms with Crippen LogP contribution < -0.4 is 5.32 Å². The van der Waals surface area contributed by atoms with Gasteiger partial charge in [0.25, 0.3) is 0 Å². The molecule has 4 heteroatoms. The number of benzene rings is 1. The smallest absolute Gasteiger partial charge is 0.178 e. The zero-order valence-corrected chi connectivity index (χ0v) is 14.0. The number of aryl methyl sites for hydroxylation is 1. The molecule has 0 aliphatic heterocycles. The van der Waals surface area contributed by atoms with Gasteiger partial charge in [0.2, 0.25) is 0 Å². The molecule has 0 saturated heterocycles. The van der Waals surface area contributed by atoms with Crippen molar-refractivity contribution in [2.45, 2.75) is 51.4 Å². The molecule has 1 aromatic carbocycles. The summed E-state index contributed by atoms with van der Waals surface area (Å²) in [6.07, 6.45) is 6.43. The van der Waals surface area contributed by atoms with Crippen LogP contribution in [0.3, 0.4) is 0 Å². The van der Waals surface area contributed by atoms with Gasteiger partial charge in [-0.3, -0.25) is 9.78 Å². The van der Waals surface area contributed by atoms with Gasteiger partial charge in [0, 0.05) is 12.6 Å². The van der Waals surface area contributed by atoms with E-state index in [-0.39, 0.29) is 11.6 Å². The molecule has 3 nitrogen and oxygen atoms in total. The van der Waals surface area contributed by atoms with E-state index >= 15 is 0 Å². The first-order valence-electron chi connectivity index (χ1n) is 8.61. The van der Waals surface area contributed by atoms with E-state index < -0.39 is 0 Å². The minimum Gasteiger partial charge on any atom is -0.354 e. The zero-order valence-electron chi connectivity index (χ0n) is 14.0. The van der Waals surface area contributed by atoms with E-state index in [1.54, 1.807) is 26.1 Å². The number of nitrogens with one attached hydrogen (secondary N) is 1. The predicted molar refractivity (Wildman–Crippen MR) is 92.6 cm³/mol. The van der Waals surface area contributed by atoms with Gasteiger partial charge in [-0.1, -0.05) is 0 Å². The molecule has 0 radical (unpaired) electrons. The van der Waals surface area contributed by atoms with E-state index in [0.29, 0.717) is 23.1 Å². The van der Waals surface area contributed by atoms with Gasteiger partial charge in [-0.2, -0.15) is 0 Å². The summed E-state index contributed by atoms with van der Waals surface area (Å²) in [5.41, 5.74) is 5.50. The first kappa shape index (κ1) is 15.3. The molecule has 3 aliphatic carbocycles. The van der Waals surface area contributed by atoms with Crippen LogP contribution in [-0.4, -0.2) is 10.8 Å². The van der Waals surface area contributed by atoms with Gasteiger partial charge in [0.05, 0.1) is 11.9 Å². The summed E-state index contributed by atoms with van der Waals surface area (Å²) in [6.45, 7) is 3.36. The van der Waals surface area contributed by atoms with Crippen molar-refractivity contribution in [1.29, 1.82) is 0 Å². The molecule has 124 valence electrons. The lowest BCUT2D eigenvalue weighted by Crippen LogP contribution is -2.26. The Labute approximate surface area is 141 Å². The highest BCUT2D eigenvalue weighted by Gasteiger charge is 2.37. The molecule has 0 atom stereocenters. The normalized spacial score (nSPS) is 21.5. The largest absolute Gasteiger partial charge is 0.354 e. The predicted octanol–water partition coefficient (Wildman–Crippen LogP) is 5.23. The number of fused-ring (bicyclic) bond motifs is 2. The summed E-state index contributed by atoms with van der Waals surface area (Å²) in [4.78, 5) is 16.5. The van der Waals surface area contributed by atoms with Gasteiger partial charge < -0.3 is 5.32 Å². The number of Topliss-reactive ketones (excluding diaryl/α,β-unsaturated/α-hetero) is 1. The Balaban J connectivity index is 1.81. The molecule has 5 rings (SSSR count). The standard InChI is InChI=1S/C20H21FN2O/c1-11-9-15(7-8-16(11)21)23-17-10-22-20(12(2)24)19-14-5-3-13(4-6-14)18(17)19/h7-10,13-14,23H,3-6H2,1-2H3. The second-order valence-corrected chi connectivity index (χ2v) is 7.04. The summed E-state index contributed by atoms with van der Waals surface area (Å²) in [5.74, 6) is 0.790. The molecule has 2 aromatic rings. The molecule has 0 spiro atoms. The number of pyridine rings is 1. The third-order valence-corrected chi connectivity index (χ3v) is 5.47. The molecule has 1 N–H and O–H groups in total. The Bertz CT molecular complexity index is 823. The van der Waals surface area contributed by atoms with E-state index in [9.17, 15) is 9.18 Å². The minimum absolute atomic E-state index is 0.0444. The summed E-state index contributed by atoms with van der Waals surface area (Å²) >= 11 is 0. The molecule has 1 heterocycles. The Hall–Kier alpha value is -2.23. The Kier molecular flexibility index (Phi) is 3.63. The number of ketones is 1. The van der Waals surface area contributed by atoms with Crippen LogP contribution in [0.25, 0.3) is 0 Å². The van der Waals surface area contributed by atoms with Crippen molar-refractivity contribution in [3.05, 3.63) is 52.6 Å². The van der Waals surface area contributed by atoms with Crippen LogP contribution in [0.2, 0.25) is 0 Å². The Morgan fingerprint density at radius 1 is 1.17 bits per heavy atom. The van der Waals surface area contributed by atoms with Gasteiger partial charge in [0.1, 0.15) is 11.5 Å². The van der Waals surface area contributed by atoms with Gasteiger partial charge in [0.15, 0.2) is 5.78 Å². The third kappa shape index (κ3) is 2.41. The molecule has 3 aliphatic rings. The van der Waals surface area contributed by atoms with E-state index in [2.05, 4.69) is 10.3 Å². The highest BCUT2D eigenvalue weighted by Crippen LogP contribution is 2.52. The number of nitrogens with zero attached hydrogens (tertiary/aromatic N) is 1. The monoisotopic (exact) mass is 324 g/mol. The van der Waals surface area contributed by atoms with Crippen LogP contribution in [0.5, 0.6) is 0 Å². The average Bonchev–Trinajstić information content (AvgIpc) is 2.59. The van der Waals surface area contributed by atoms with Crippen LogP contribution in [0.15, 0.2) is 24.4 Å². The highest BCUT2D eigenvalue weighted by molar-refractivity contribution is 5.95. The van der Waals surface area contributed by atoms with Gasteiger partial charge in [-0.05, 0) is 79.3 Å². The number of carbonyl (C=O) groups is 1. The topological polar surface area (TPSA) is 42.0 Å². The van der Waals surface area contributed by atoms with E-state index in [1.165, 1.54) is 24.5 Å². The van der Waals surface area contributed by atoms with E-state index in [1.807, 2.05) is 6.07 Å². The van der Waals surface area contributed by atoms with Crippen molar-refractivity contribution in [2.24, 2.45) is 0 Å². The molecule has 2 bridgehead atoms. The van der Waals surface area contributed by atoms with Crippen molar-refractivity contribution < 1.29 is 9.18 Å². The van der Waals surface area contributed by atoms with E-state index in [0.717, 1.165) is 29.8 Å². The van der Waals surface area contributed by atoms with Crippen LogP contribution in [-0.2, 0) is 0 Å². The molecular formula is C20H21FN2O. The van der Waals surface area contributed by atoms with Crippen LogP contribution >= 0.6 is 0 Å². The number of carbonyl (C=O) groups excluding carboxylic acids is 1. The lowest BCUT2D eigenvalue weighted by Gasteiger charge is -2.40. The SMILES string of the molecule is CC(=O)c1ncc(Nc2ccc(F)c(C)c2)c2c1C1CCC2CC1. The average molecular weight is 324 g/mol. The van der Waals surface area contributed by atoms with Crippen molar-refractivity contribution in [3.63, 3.8) is 0 Å². The van der Waals surface area contributed by atoms with Crippen molar-refractivity contribution in [3.8, 4) is 0 Å². The summed E-state index contributed by atoms with van der Waals surface area (Å²) in [6, 6.07) is 5.03. The number of hydrogen-bond acceptors (Lipinski definition) is 3. The Morgan fingerprint density at radius 3 is 2.46 bits per heavy atom. The molecule has 24 heavy (non-hydrogen) atoms. The molecule has 0 unspecified atom stereocenters. The summed E-state index contributed by atoms with van der Waals surface area (Å²) in [5, 5.41) is 3.41. The maximum atomic E-state index is 13.5. The lowest BCUT2D eigenvalue weighted by atomic mass is 9.66. The maximum absolute atomic E-state index is 13.5. The van der Waals surface area contributed by atoms with Crippen molar-refractivity contribution in [1.82, 2.24) is 4.98 Å². The first-order valence-corrected chi connectivity index (χ1v) is 8.61. The second-order valence-electron chi connectivity index (χ2n) is 7.04. The van der Waals surface area contributed by atoms with Crippen LogP contribution in [0.1, 0.15) is 71.6 Å². The van der Waals surface area contributed by atoms with Crippen LogP contribution in [0.4, 0.5) is 15.8 Å². The van der Waals surface area contributed by atoms with E-state index in [4.69, 9.17) is 0 Å².